The number of hydrogen-bond acceptors (Lipinski definition) is 4. The molecular formula is C27H25Cl3N2O3. The lowest BCUT2D eigenvalue weighted by atomic mass is 10.0. The molecule has 4 rings (SSSR count). The van der Waals surface area contributed by atoms with Gasteiger partial charge in [-0.25, -0.2) is 0 Å². The Morgan fingerprint density at radius 2 is 1.49 bits per heavy atom. The third kappa shape index (κ3) is 7.21. The minimum absolute atomic E-state index is 0.0754. The van der Waals surface area contributed by atoms with Gasteiger partial charge >= 0.3 is 0 Å². The second-order valence-electron chi connectivity index (χ2n) is 8.52. The van der Waals surface area contributed by atoms with E-state index in [1.54, 1.807) is 48.5 Å². The van der Waals surface area contributed by atoms with Crippen molar-refractivity contribution >= 4 is 46.5 Å². The lowest BCUT2D eigenvalue weighted by molar-refractivity contribution is -0.124. The van der Waals surface area contributed by atoms with E-state index in [4.69, 9.17) is 39.5 Å². The predicted octanol–water partition coefficient (Wildman–Crippen LogP) is 6.04. The van der Waals surface area contributed by atoms with Crippen LogP contribution in [0.2, 0.25) is 15.1 Å². The zero-order chi connectivity index (χ0) is 24.8. The lowest BCUT2D eigenvalue weighted by Gasteiger charge is -2.32. The predicted molar refractivity (Wildman–Crippen MR) is 140 cm³/mol. The van der Waals surface area contributed by atoms with E-state index in [2.05, 4.69) is 10.2 Å². The van der Waals surface area contributed by atoms with Crippen LogP contribution < -0.4 is 10.1 Å². The van der Waals surface area contributed by atoms with Crippen LogP contribution in [-0.2, 0) is 11.3 Å². The number of amides is 1. The fourth-order valence-electron chi connectivity index (χ4n) is 4.02. The Bertz CT molecular complexity index is 1180. The van der Waals surface area contributed by atoms with Gasteiger partial charge < -0.3 is 10.1 Å². The summed E-state index contributed by atoms with van der Waals surface area (Å²) in [4.78, 5) is 27.3. The molecule has 1 aliphatic heterocycles. The van der Waals surface area contributed by atoms with Crippen LogP contribution in [0.4, 0.5) is 0 Å². The summed E-state index contributed by atoms with van der Waals surface area (Å²) in [7, 11) is 0. The second-order valence-corrected chi connectivity index (χ2v) is 9.77. The second kappa shape index (κ2) is 11.9. The molecule has 0 saturated carbocycles. The van der Waals surface area contributed by atoms with Gasteiger partial charge in [0.05, 0.1) is 10.0 Å². The van der Waals surface area contributed by atoms with E-state index in [1.807, 2.05) is 18.2 Å². The third-order valence-electron chi connectivity index (χ3n) is 5.94. The van der Waals surface area contributed by atoms with Crippen molar-refractivity contribution in [1.82, 2.24) is 10.2 Å². The Labute approximate surface area is 219 Å². The number of nitrogens with zero attached hydrogens (tertiary/aromatic N) is 1. The van der Waals surface area contributed by atoms with Gasteiger partial charge in [0.25, 0.3) is 5.91 Å². The minimum Gasteiger partial charge on any atom is -0.484 e. The number of halogens is 3. The van der Waals surface area contributed by atoms with Crippen LogP contribution in [0, 0.1) is 0 Å². The van der Waals surface area contributed by atoms with Gasteiger partial charge in [-0.2, -0.15) is 0 Å². The molecule has 0 radical (unpaired) electrons. The number of piperidine rings is 1. The molecule has 0 bridgehead atoms. The van der Waals surface area contributed by atoms with E-state index in [-0.39, 0.29) is 24.3 Å². The SMILES string of the molecule is O=C(COc1ccc(C(=O)c2ccc(Cl)cc2)cc1)NC1CCN(Cc2ccc(Cl)c(Cl)c2)CC1. The number of rotatable bonds is 8. The van der Waals surface area contributed by atoms with Gasteiger partial charge in [-0.15, -0.1) is 0 Å². The number of benzene rings is 3. The molecule has 3 aromatic rings. The number of ether oxygens (including phenoxy) is 1. The van der Waals surface area contributed by atoms with Crippen LogP contribution in [0.3, 0.4) is 0 Å². The molecule has 1 N–H and O–H groups in total. The van der Waals surface area contributed by atoms with Gasteiger partial charge in [0.2, 0.25) is 0 Å². The van der Waals surface area contributed by atoms with E-state index in [0.717, 1.165) is 38.0 Å². The maximum Gasteiger partial charge on any atom is 0.258 e. The van der Waals surface area contributed by atoms with Gasteiger partial charge in [-0.05, 0) is 79.1 Å². The van der Waals surface area contributed by atoms with Gasteiger partial charge in [0.15, 0.2) is 12.4 Å². The molecule has 0 spiro atoms. The molecule has 0 atom stereocenters. The molecule has 0 aliphatic carbocycles. The van der Waals surface area contributed by atoms with Crippen molar-refractivity contribution in [2.45, 2.75) is 25.4 Å². The van der Waals surface area contributed by atoms with Gasteiger partial charge in [-0.1, -0.05) is 40.9 Å². The van der Waals surface area contributed by atoms with Gasteiger partial charge in [0, 0.05) is 41.8 Å². The summed E-state index contributed by atoms with van der Waals surface area (Å²) < 4.78 is 5.61. The topological polar surface area (TPSA) is 58.6 Å². The normalized spacial score (nSPS) is 14.5. The Kier molecular flexibility index (Phi) is 8.69. The molecule has 3 aromatic carbocycles. The molecule has 0 aromatic heterocycles. The zero-order valence-electron chi connectivity index (χ0n) is 19.0. The van der Waals surface area contributed by atoms with Crippen LogP contribution in [0.15, 0.2) is 66.7 Å². The molecule has 1 saturated heterocycles. The van der Waals surface area contributed by atoms with Gasteiger partial charge in [-0.3, -0.25) is 14.5 Å². The van der Waals surface area contributed by atoms with E-state index in [1.165, 1.54) is 0 Å². The minimum atomic E-state index is -0.158. The summed E-state index contributed by atoms with van der Waals surface area (Å²) in [5.74, 6) is 0.273. The summed E-state index contributed by atoms with van der Waals surface area (Å²) >= 11 is 18.0. The van der Waals surface area contributed by atoms with Crippen molar-refractivity contribution in [3.8, 4) is 5.75 Å². The van der Waals surface area contributed by atoms with E-state index in [0.29, 0.717) is 31.9 Å². The smallest absolute Gasteiger partial charge is 0.258 e. The highest BCUT2D eigenvalue weighted by molar-refractivity contribution is 6.42. The highest BCUT2D eigenvalue weighted by atomic mass is 35.5. The fourth-order valence-corrected chi connectivity index (χ4v) is 4.47. The molecule has 1 amide bonds. The van der Waals surface area contributed by atoms with Crippen molar-refractivity contribution in [1.29, 1.82) is 0 Å². The molecule has 5 nitrogen and oxygen atoms in total. The molecule has 8 heteroatoms. The highest BCUT2D eigenvalue weighted by Crippen LogP contribution is 2.24. The maximum atomic E-state index is 12.5. The average molecular weight is 532 g/mol. The quantitative estimate of drug-likeness (QED) is 0.360. The van der Waals surface area contributed by atoms with Crippen LogP contribution in [0.5, 0.6) is 5.75 Å². The van der Waals surface area contributed by atoms with Crippen LogP contribution >= 0.6 is 34.8 Å². The van der Waals surface area contributed by atoms with Crippen molar-refractivity contribution in [2.75, 3.05) is 19.7 Å². The zero-order valence-corrected chi connectivity index (χ0v) is 21.2. The number of hydrogen-bond donors (Lipinski definition) is 1. The number of carbonyl (C=O) groups is 2. The third-order valence-corrected chi connectivity index (χ3v) is 6.93. The number of ketones is 1. The van der Waals surface area contributed by atoms with Crippen LogP contribution in [0.1, 0.15) is 34.3 Å². The Morgan fingerprint density at radius 1 is 0.857 bits per heavy atom. The first-order valence-electron chi connectivity index (χ1n) is 11.4. The van der Waals surface area contributed by atoms with Crippen molar-refractivity contribution in [3.63, 3.8) is 0 Å². The summed E-state index contributed by atoms with van der Waals surface area (Å²) in [6, 6.07) is 19.3. The summed E-state index contributed by atoms with van der Waals surface area (Å²) in [5, 5.41) is 4.75. The first-order chi connectivity index (χ1) is 16.9. The maximum absolute atomic E-state index is 12.5. The average Bonchev–Trinajstić information content (AvgIpc) is 2.86. The fraction of sp³-hybridized carbons (Fsp3) is 0.259. The molecule has 182 valence electrons. The molecule has 1 aliphatic rings. The monoisotopic (exact) mass is 530 g/mol. The Hall–Kier alpha value is -2.57. The number of carbonyl (C=O) groups excluding carboxylic acids is 2. The Morgan fingerprint density at radius 3 is 2.11 bits per heavy atom. The molecule has 1 heterocycles. The molecule has 0 unspecified atom stereocenters. The standard InChI is InChI=1S/C27H25Cl3N2O3/c28-21-6-2-19(3-7-21)27(34)20-4-8-23(9-5-20)35-17-26(33)31-22-11-13-32(14-12-22)16-18-1-10-24(29)25(30)15-18/h1-10,15,22H,11-14,16-17H2,(H,31,33). The van der Waals surface area contributed by atoms with Crippen molar-refractivity contribution in [3.05, 3.63) is 98.5 Å². The molecule has 1 fully saturated rings. The van der Waals surface area contributed by atoms with E-state index < -0.39 is 0 Å². The van der Waals surface area contributed by atoms with Gasteiger partial charge in [0.1, 0.15) is 5.75 Å². The summed E-state index contributed by atoms with van der Waals surface area (Å²) in [6.07, 6.45) is 1.74. The van der Waals surface area contributed by atoms with Crippen LogP contribution in [-0.4, -0.2) is 42.3 Å². The first kappa shape index (κ1) is 25.5. The Balaban J connectivity index is 1.19. The van der Waals surface area contributed by atoms with Crippen molar-refractivity contribution in [2.24, 2.45) is 0 Å². The molecule has 35 heavy (non-hydrogen) atoms. The lowest BCUT2D eigenvalue weighted by Crippen LogP contribution is -2.45. The van der Waals surface area contributed by atoms with Crippen LogP contribution in [0.25, 0.3) is 0 Å². The highest BCUT2D eigenvalue weighted by Gasteiger charge is 2.21. The summed E-state index contributed by atoms with van der Waals surface area (Å²) in [6.45, 7) is 2.50. The first-order valence-corrected chi connectivity index (χ1v) is 12.5. The van der Waals surface area contributed by atoms with E-state index >= 15 is 0 Å². The number of nitrogens with one attached hydrogen (secondary N) is 1. The van der Waals surface area contributed by atoms with Crippen molar-refractivity contribution < 1.29 is 14.3 Å². The largest absolute Gasteiger partial charge is 0.484 e. The van der Waals surface area contributed by atoms with E-state index in [9.17, 15) is 9.59 Å². The molecular weight excluding hydrogens is 507 g/mol. The summed E-state index contributed by atoms with van der Waals surface area (Å²) in [5.41, 5.74) is 2.22. The number of likely N-dealkylation sites (tertiary alicyclic amines) is 1.